The van der Waals surface area contributed by atoms with Crippen molar-refractivity contribution < 1.29 is 0 Å². The van der Waals surface area contributed by atoms with E-state index in [1.807, 2.05) is 109 Å². The Morgan fingerprint density at radius 3 is 0.635 bits per heavy atom. The van der Waals surface area contributed by atoms with Gasteiger partial charge in [-0.1, -0.05) is 133 Å². The van der Waals surface area contributed by atoms with Gasteiger partial charge in [-0.3, -0.25) is 19.9 Å². The molecule has 0 bridgehead atoms. The Morgan fingerprint density at radius 2 is 0.327 bits per heavy atom. The van der Waals surface area contributed by atoms with E-state index in [1.165, 1.54) is 21.5 Å². The van der Waals surface area contributed by atoms with Crippen molar-refractivity contribution in [1.82, 2.24) is 19.9 Å². The maximum Gasteiger partial charge on any atom is 0.101 e. The first-order valence-electron chi connectivity index (χ1n) is 33.1. The second-order valence-corrected chi connectivity index (χ2v) is 25.2. The van der Waals surface area contributed by atoms with Crippen LogP contribution >= 0.6 is 0 Å². The van der Waals surface area contributed by atoms with Crippen LogP contribution in [-0.4, -0.2) is 19.9 Å². The van der Waals surface area contributed by atoms with Crippen molar-refractivity contribution >= 4 is 173 Å². The first kappa shape index (κ1) is 61.8. The van der Waals surface area contributed by atoms with Gasteiger partial charge < -0.3 is 0 Å². The van der Waals surface area contributed by atoms with Gasteiger partial charge in [0.25, 0.3) is 0 Å². The van der Waals surface area contributed by atoms with Gasteiger partial charge >= 0.3 is 0 Å². The third-order valence-corrected chi connectivity index (χ3v) is 19.7. The van der Waals surface area contributed by atoms with Gasteiger partial charge in [0.2, 0.25) is 0 Å². The summed E-state index contributed by atoms with van der Waals surface area (Å²) in [5.74, 6) is 0. The Labute approximate surface area is 591 Å². The zero-order valence-corrected chi connectivity index (χ0v) is 54.8. The van der Waals surface area contributed by atoms with Gasteiger partial charge in [0, 0.05) is 57.1 Å². The second-order valence-electron chi connectivity index (χ2n) is 25.2. The quantitative estimate of drug-likeness (QED) is 0.102. The fourth-order valence-corrected chi connectivity index (χ4v) is 14.9. The highest BCUT2D eigenvalue weighted by molar-refractivity contribution is 6.30. The summed E-state index contributed by atoms with van der Waals surface area (Å²) < 4.78 is 0. The number of pyridine rings is 2. The van der Waals surface area contributed by atoms with Crippen molar-refractivity contribution in [1.29, 1.82) is 42.1 Å². The Kier molecular flexibility index (Phi) is 15.0. The van der Waals surface area contributed by atoms with Crippen LogP contribution in [0.25, 0.3) is 173 Å². The monoisotopic (exact) mass is 1320 g/mol. The standard InChI is InChI=1S/C24H12N2.2C23H11N3.C22H10N4/c25-13-17-11-22-20-8-4-3-7-19(20)21-9-15-5-1-2-6-16(15)10-23(21)24(22)12-18(17)14-26;24-12-16-10-19-18-6-3-7-26-23(18)22-9-15-5-2-1-4-14(15)8-21(22)20(19)11-17(16)13-25;24-12-16-10-21-20-9-15-5-2-1-4-14(15)8-19(20)18-6-3-7-26-23(18)22(21)11-17(16)13-25;23-11-15-9-18-17-7-13-3-1-2-4-14(13)8-19(17)21-22(26-6-5-25-21)20(18)10-16(15)12-24/h1-12H;2*1-11H;1-10H. The van der Waals surface area contributed by atoms with E-state index in [4.69, 9.17) is 0 Å². The lowest BCUT2D eigenvalue weighted by molar-refractivity contribution is 1.31. The number of nitriles is 8. The molecule has 20 rings (SSSR count). The molecule has 0 amide bonds. The van der Waals surface area contributed by atoms with E-state index >= 15 is 0 Å². The Balaban J connectivity index is 0.000000103. The molecule has 0 aliphatic rings. The fourth-order valence-electron chi connectivity index (χ4n) is 14.9. The normalized spacial score (nSPS) is 11.0. The summed E-state index contributed by atoms with van der Waals surface area (Å²) in [7, 11) is 0. The van der Waals surface area contributed by atoms with E-state index < -0.39 is 0 Å². The molecule has 0 unspecified atom stereocenters. The molecule has 104 heavy (non-hydrogen) atoms. The number of fused-ring (bicyclic) bond motifs is 28. The minimum atomic E-state index is 0.354. The molecule has 3 aromatic heterocycles. The van der Waals surface area contributed by atoms with Gasteiger partial charge in [-0.15, -0.1) is 0 Å². The molecule has 0 spiro atoms. The molecule has 0 atom stereocenters. The molecule has 0 saturated heterocycles. The van der Waals surface area contributed by atoms with Crippen LogP contribution < -0.4 is 0 Å². The van der Waals surface area contributed by atoms with Crippen molar-refractivity contribution in [3.63, 3.8) is 0 Å². The van der Waals surface area contributed by atoms with Crippen molar-refractivity contribution in [3.8, 4) is 48.6 Å². The van der Waals surface area contributed by atoms with Gasteiger partial charge in [-0.25, -0.2) is 0 Å². The third-order valence-electron chi connectivity index (χ3n) is 19.7. The lowest BCUT2D eigenvalue weighted by Gasteiger charge is -2.12. The van der Waals surface area contributed by atoms with Crippen LogP contribution in [0.15, 0.2) is 267 Å². The molecular weight excluding hydrogens is 1270 g/mol. The highest BCUT2D eigenvalue weighted by Crippen LogP contribution is 2.43. The Morgan fingerprint density at radius 1 is 0.154 bits per heavy atom. The highest BCUT2D eigenvalue weighted by atomic mass is 14.8. The topological polar surface area (TPSA) is 242 Å². The number of hydrogen-bond acceptors (Lipinski definition) is 12. The Bertz CT molecular complexity index is 6710. The zero-order chi connectivity index (χ0) is 70.7. The van der Waals surface area contributed by atoms with Crippen molar-refractivity contribution in [2.24, 2.45) is 0 Å². The van der Waals surface area contributed by atoms with Crippen LogP contribution in [0.1, 0.15) is 44.5 Å². The molecule has 17 aromatic carbocycles. The molecule has 0 fully saturated rings. The summed E-state index contributed by atoms with van der Waals surface area (Å²) >= 11 is 0. The lowest BCUT2D eigenvalue weighted by Crippen LogP contribution is -1.92. The van der Waals surface area contributed by atoms with Crippen molar-refractivity contribution in [2.45, 2.75) is 0 Å². The first-order chi connectivity index (χ1) is 51.2. The average molecular weight is 1320 g/mol. The summed E-state index contributed by atoms with van der Waals surface area (Å²) in [4.78, 5) is 18.3. The van der Waals surface area contributed by atoms with E-state index in [1.54, 1.807) is 43.0 Å². The summed E-state index contributed by atoms with van der Waals surface area (Å²) in [6.45, 7) is 0. The van der Waals surface area contributed by atoms with Crippen LogP contribution in [0.2, 0.25) is 0 Å². The van der Waals surface area contributed by atoms with Crippen molar-refractivity contribution in [3.05, 3.63) is 312 Å². The second kappa shape index (κ2) is 25.2. The van der Waals surface area contributed by atoms with Crippen LogP contribution in [0.3, 0.4) is 0 Å². The van der Waals surface area contributed by atoms with E-state index in [-0.39, 0.29) is 0 Å². The molecule has 12 nitrogen and oxygen atoms in total. The number of aromatic nitrogens is 4. The summed E-state index contributed by atoms with van der Waals surface area (Å²) in [6, 6.07) is 98.0. The molecule has 0 aliphatic heterocycles. The van der Waals surface area contributed by atoms with E-state index in [0.717, 1.165) is 151 Å². The maximum absolute atomic E-state index is 9.47. The highest BCUT2D eigenvalue weighted by Gasteiger charge is 2.19. The van der Waals surface area contributed by atoms with Crippen LogP contribution in [-0.2, 0) is 0 Å². The molecule has 0 aliphatic carbocycles. The summed E-state index contributed by atoms with van der Waals surface area (Å²) in [5.41, 5.74) is 6.45. The molecule has 20 aromatic rings. The van der Waals surface area contributed by atoms with E-state index in [9.17, 15) is 42.1 Å². The van der Waals surface area contributed by atoms with Gasteiger partial charge in [-0.05, 0) is 228 Å². The SMILES string of the molecule is N#Cc1cc2c(cc1C#N)c1cccnc1c1cc3ccccc3cc21.N#Cc1cc2c3cc4ccccc4cc3c3cccnc3c2cc1C#N.N#Cc1cc2c3cc4ccccc4cc3c3nccnc3c2cc1C#N.N#Cc1cc2c3ccccc3c3cc4ccccc4cc3c2cc1C#N. The number of nitrogens with zero attached hydrogens (tertiary/aromatic N) is 12. The predicted molar refractivity (Wildman–Crippen MR) is 415 cm³/mol. The van der Waals surface area contributed by atoms with E-state index in [2.05, 4.69) is 184 Å². The molecule has 12 heteroatoms. The number of hydrogen-bond donors (Lipinski definition) is 0. The van der Waals surface area contributed by atoms with Gasteiger partial charge in [0.15, 0.2) is 0 Å². The molecule has 0 saturated carbocycles. The number of rotatable bonds is 0. The smallest absolute Gasteiger partial charge is 0.101 e. The molecule has 472 valence electrons. The number of benzene rings is 17. The lowest BCUT2D eigenvalue weighted by atomic mass is 9.90. The Hall–Kier alpha value is -15.8. The molecule has 0 radical (unpaired) electrons. The predicted octanol–water partition coefficient (Wildman–Crippen LogP) is 21.8. The van der Waals surface area contributed by atoms with Gasteiger partial charge in [0.1, 0.15) is 48.6 Å². The van der Waals surface area contributed by atoms with E-state index in [0.29, 0.717) is 44.5 Å². The van der Waals surface area contributed by atoms with Crippen molar-refractivity contribution in [2.75, 3.05) is 0 Å². The molecule has 0 N–H and O–H groups in total. The summed E-state index contributed by atoms with van der Waals surface area (Å²) in [5, 5.41) is 105. The summed E-state index contributed by atoms with van der Waals surface area (Å²) in [6.07, 6.45) is 6.88. The van der Waals surface area contributed by atoms with Crippen LogP contribution in [0.4, 0.5) is 0 Å². The average Bonchev–Trinajstić information content (AvgIpc) is 0.752. The van der Waals surface area contributed by atoms with Gasteiger partial charge in [-0.2, -0.15) is 42.1 Å². The largest absolute Gasteiger partial charge is 0.256 e. The van der Waals surface area contributed by atoms with Crippen LogP contribution in [0, 0.1) is 90.6 Å². The minimum absolute atomic E-state index is 0.354. The minimum Gasteiger partial charge on any atom is -0.256 e. The van der Waals surface area contributed by atoms with Crippen LogP contribution in [0.5, 0.6) is 0 Å². The maximum atomic E-state index is 9.47. The fraction of sp³-hybridized carbons (Fsp3) is 0. The third kappa shape index (κ3) is 10.2. The zero-order valence-electron chi connectivity index (χ0n) is 54.8. The molecular formula is C92H44N12. The molecule has 3 heterocycles. The first-order valence-corrected chi connectivity index (χ1v) is 33.1. The van der Waals surface area contributed by atoms with Gasteiger partial charge in [0.05, 0.1) is 66.6 Å².